The molecule has 0 aromatic heterocycles. The molecule has 1 atom stereocenters. The molecule has 0 unspecified atom stereocenters. The summed E-state index contributed by atoms with van der Waals surface area (Å²) in [5.41, 5.74) is -0.466. The average Bonchev–Trinajstić information content (AvgIpc) is 2.55. The largest absolute Gasteiger partial charge is 0.485 e. The van der Waals surface area contributed by atoms with Crippen molar-refractivity contribution in [3.8, 4) is 11.5 Å². The number of benzene rings is 2. The van der Waals surface area contributed by atoms with Gasteiger partial charge in [-0.3, -0.25) is 4.79 Å². The van der Waals surface area contributed by atoms with E-state index in [1.807, 2.05) is 0 Å². The van der Waals surface area contributed by atoms with Crippen LogP contribution in [0.3, 0.4) is 0 Å². The number of hydrogen-bond donors (Lipinski definition) is 1. The van der Waals surface area contributed by atoms with Crippen LogP contribution in [-0.2, 0) is 4.79 Å². The first kappa shape index (κ1) is 14.2. The molecule has 3 rings (SSSR count). The molecule has 2 aromatic carbocycles. The molecular weight excluding hydrogens is 299 g/mol. The second-order valence-corrected chi connectivity index (χ2v) is 4.58. The fourth-order valence-electron chi connectivity index (χ4n) is 1.98. The summed E-state index contributed by atoms with van der Waals surface area (Å²) in [7, 11) is 0. The summed E-state index contributed by atoms with van der Waals surface area (Å²) < 4.78 is 50.3. The molecule has 7 heteroatoms. The fourth-order valence-corrected chi connectivity index (χ4v) is 1.98. The number of rotatable bonds is 2. The normalized spacial score (nSPS) is 16.2. The van der Waals surface area contributed by atoms with Crippen molar-refractivity contribution >= 4 is 11.6 Å². The van der Waals surface area contributed by atoms with E-state index in [1.165, 1.54) is 0 Å². The maximum Gasteiger partial charge on any atom is 0.269 e. The molecular formula is C15H10F3NO3. The second kappa shape index (κ2) is 5.59. The zero-order valence-electron chi connectivity index (χ0n) is 11.1. The van der Waals surface area contributed by atoms with Gasteiger partial charge in [-0.15, -0.1) is 0 Å². The Morgan fingerprint density at radius 1 is 1.05 bits per heavy atom. The van der Waals surface area contributed by atoms with Gasteiger partial charge in [0, 0.05) is 0 Å². The lowest BCUT2D eigenvalue weighted by Gasteiger charge is -2.25. The van der Waals surface area contributed by atoms with E-state index < -0.39 is 35.2 Å². The van der Waals surface area contributed by atoms with Crippen LogP contribution in [0.2, 0.25) is 0 Å². The van der Waals surface area contributed by atoms with Crippen molar-refractivity contribution in [2.75, 3.05) is 11.9 Å². The minimum atomic E-state index is -1.65. The minimum absolute atomic E-state index is 0.0753. The van der Waals surface area contributed by atoms with Gasteiger partial charge in [-0.1, -0.05) is 12.1 Å². The highest BCUT2D eigenvalue weighted by atomic mass is 19.2. The van der Waals surface area contributed by atoms with Gasteiger partial charge < -0.3 is 14.8 Å². The summed E-state index contributed by atoms with van der Waals surface area (Å²) >= 11 is 0. The van der Waals surface area contributed by atoms with E-state index in [2.05, 4.69) is 5.32 Å². The molecule has 0 fully saturated rings. The van der Waals surface area contributed by atoms with E-state index in [0.717, 1.165) is 12.1 Å². The third-order valence-electron chi connectivity index (χ3n) is 3.09. The van der Waals surface area contributed by atoms with Crippen LogP contribution in [0.15, 0.2) is 36.4 Å². The molecule has 1 N–H and O–H groups in total. The Morgan fingerprint density at radius 2 is 1.77 bits per heavy atom. The van der Waals surface area contributed by atoms with E-state index in [-0.39, 0.29) is 6.61 Å². The van der Waals surface area contributed by atoms with Gasteiger partial charge in [-0.05, 0) is 24.3 Å². The van der Waals surface area contributed by atoms with Gasteiger partial charge in [0.05, 0.1) is 5.69 Å². The van der Waals surface area contributed by atoms with Crippen molar-refractivity contribution < 1.29 is 27.4 Å². The quantitative estimate of drug-likeness (QED) is 0.868. The molecule has 0 saturated heterocycles. The van der Waals surface area contributed by atoms with E-state index in [0.29, 0.717) is 11.5 Å². The van der Waals surface area contributed by atoms with E-state index in [4.69, 9.17) is 9.47 Å². The summed E-state index contributed by atoms with van der Waals surface area (Å²) in [6.07, 6.45) is -1.03. The smallest absolute Gasteiger partial charge is 0.269 e. The molecule has 1 heterocycles. The number of carbonyl (C=O) groups excluding carboxylic acids is 1. The monoisotopic (exact) mass is 309 g/mol. The van der Waals surface area contributed by atoms with Crippen molar-refractivity contribution in [2.45, 2.75) is 6.10 Å². The fraction of sp³-hybridized carbons (Fsp3) is 0.133. The van der Waals surface area contributed by atoms with Gasteiger partial charge in [0.1, 0.15) is 6.61 Å². The predicted octanol–water partition coefficient (Wildman–Crippen LogP) is 2.88. The Hall–Kier alpha value is -2.70. The molecule has 0 radical (unpaired) electrons. The highest BCUT2D eigenvalue weighted by Crippen LogP contribution is 2.31. The van der Waals surface area contributed by atoms with Crippen LogP contribution >= 0.6 is 0 Å². The van der Waals surface area contributed by atoms with Crippen molar-refractivity contribution in [1.29, 1.82) is 0 Å². The van der Waals surface area contributed by atoms with Crippen LogP contribution in [0, 0.1) is 17.5 Å². The van der Waals surface area contributed by atoms with Gasteiger partial charge >= 0.3 is 0 Å². The molecule has 0 spiro atoms. The van der Waals surface area contributed by atoms with Gasteiger partial charge in [-0.2, -0.15) is 0 Å². The summed E-state index contributed by atoms with van der Waals surface area (Å²) in [4.78, 5) is 12.0. The Kier molecular flexibility index (Phi) is 3.62. The Morgan fingerprint density at radius 3 is 2.55 bits per heavy atom. The van der Waals surface area contributed by atoms with Crippen molar-refractivity contribution in [3.05, 3.63) is 53.8 Å². The number of para-hydroxylation sites is 2. The van der Waals surface area contributed by atoms with Crippen molar-refractivity contribution in [1.82, 2.24) is 0 Å². The second-order valence-electron chi connectivity index (χ2n) is 4.58. The molecule has 1 amide bonds. The number of amides is 1. The van der Waals surface area contributed by atoms with Crippen LogP contribution in [0.5, 0.6) is 11.5 Å². The maximum atomic E-state index is 13.5. The first-order chi connectivity index (χ1) is 10.6. The first-order valence-electron chi connectivity index (χ1n) is 6.39. The number of nitrogens with one attached hydrogen (secondary N) is 1. The number of hydrogen-bond acceptors (Lipinski definition) is 3. The van der Waals surface area contributed by atoms with Crippen molar-refractivity contribution in [2.24, 2.45) is 0 Å². The number of halogens is 3. The Labute approximate surface area is 123 Å². The summed E-state index contributed by atoms with van der Waals surface area (Å²) in [6, 6.07) is 8.41. The molecule has 0 aliphatic carbocycles. The zero-order valence-corrected chi connectivity index (χ0v) is 11.1. The topological polar surface area (TPSA) is 47.6 Å². The number of fused-ring (bicyclic) bond motifs is 1. The molecule has 1 aliphatic heterocycles. The molecule has 4 nitrogen and oxygen atoms in total. The third-order valence-corrected chi connectivity index (χ3v) is 3.09. The highest BCUT2D eigenvalue weighted by Gasteiger charge is 2.28. The minimum Gasteiger partial charge on any atom is -0.485 e. The van der Waals surface area contributed by atoms with Crippen molar-refractivity contribution in [3.63, 3.8) is 0 Å². The van der Waals surface area contributed by atoms with E-state index in [1.54, 1.807) is 24.3 Å². The van der Waals surface area contributed by atoms with Crippen LogP contribution in [0.4, 0.5) is 18.9 Å². The number of anilines is 1. The first-order valence-corrected chi connectivity index (χ1v) is 6.39. The lowest BCUT2D eigenvalue weighted by Crippen LogP contribution is -2.40. The number of ether oxygens (including phenoxy) is 2. The molecule has 2 aromatic rings. The van der Waals surface area contributed by atoms with Gasteiger partial charge in [0.15, 0.2) is 29.0 Å². The standard InChI is InChI=1S/C15H10F3NO3/c16-8-5-6-9(14(18)13(8)17)19-15(20)12-7-21-10-3-1-2-4-11(10)22-12/h1-6,12H,7H2,(H,19,20)/t12-/m1/s1. The summed E-state index contributed by atoms with van der Waals surface area (Å²) in [6.45, 7) is -0.0753. The molecule has 1 aliphatic rings. The van der Waals surface area contributed by atoms with Crippen LogP contribution in [0.25, 0.3) is 0 Å². The van der Waals surface area contributed by atoms with E-state index >= 15 is 0 Å². The predicted molar refractivity (Wildman–Crippen MR) is 71.3 cm³/mol. The lowest BCUT2D eigenvalue weighted by molar-refractivity contribution is -0.125. The van der Waals surface area contributed by atoms with E-state index in [9.17, 15) is 18.0 Å². The average molecular weight is 309 g/mol. The zero-order chi connectivity index (χ0) is 15.7. The third kappa shape index (κ3) is 2.57. The maximum absolute atomic E-state index is 13.5. The Balaban J connectivity index is 1.75. The van der Waals surface area contributed by atoms with Crippen LogP contribution < -0.4 is 14.8 Å². The summed E-state index contributed by atoms with van der Waals surface area (Å²) in [5.74, 6) is -4.30. The molecule has 22 heavy (non-hydrogen) atoms. The van der Waals surface area contributed by atoms with Gasteiger partial charge in [0.2, 0.25) is 6.10 Å². The lowest BCUT2D eigenvalue weighted by atomic mass is 10.2. The molecule has 0 bridgehead atoms. The number of carbonyl (C=O) groups is 1. The van der Waals surface area contributed by atoms with Gasteiger partial charge in [0.25, 0.3) is 5.91 Å². The van der Waals surface area contributed by atoms with Crippen LogP contribution in [0.1, 0.15) is 0 Å². The van der Waals surface area contributed by atoms with Gasteiger partial charge in [-0.25, -0.2) is 13.2 Å². The molecule has 114 valence electrons. The highest BCUT2D eigenvalue weighted by molar-refractivity contribution is 5.94. The molecule has 0 saturated carbocycles. The SMILES string of the molecule is O=C(Nc1ccc(F)c(F)c1F)[C@H]1COc2ccccc2O1. The summed E-state index contributed by atoms with van der Waals surface area (Å²) in [5, 5.41) is 2.15. The van der Waals surface area contributed by atoms with Crippen LogP contribution in [-0.4, -0.2) is 18.6 Å². The Bertz CT molecular complexity index is 736.